The van der Waals surface area contributed by atoms with Crippen molar-refractivity contribution in [2.45, 2.75) is 31.7 Å². The molecule has 3 rings (SSSR count). The number of nitriles is 1. The van der Waals surface area contributed by atoms with E-state index >= 15 is 0 Å². The maximum atomic E-state index is 9.20. The largest absolute Gasteiger partial charge is 0.381 e. The predicted octanol–water partition coefficient (Wildman–Crippen LogP) is 3.92. The van der Waals surface area contributed by atoms with Crippen molar-refractivity contribution in [2.75, 3.05) is 5.32 Å². The number of hydrogen-bond donors (Lipinski definition) is 1. The molecule has 2 nitrogen and oxygen atoms in total. The molecule has 0 saturated heterocycles. The lowest BCUT2D eigenvalue weighted by molar-refractivity contribution is 0.567. The summed E-state index contributed by atoms with van der Waals surface area (Å²) >= 11 is 3.44. The van der Waals surface area contributed by atoms with Gasteiger partial charge >= 0.3 is 0 Å². The summed E-state index contributed by atoms with van der Waals surface area (Å²) in [6.07, 6.45) is 5.40. The maximum absolute atomic E-state index is 9.20. The van der Waals surface area contributed by atoms with E-state index in [0.29, 0.717) is 6.04 Å². The zero-order valence-electron chi connectivity index (χ0n) is 9.62. The molecule has 0 heterocycles. The van der Waals surface area contributed by atoms with Gasteiger partial charge in [-0.1, -0.05) is 6.07 Å². The van der Waals surface area contributed by atoms with Crippen LogP contribution >= 0.6 is 15.9 Å². The molecule has 0 spiro atoms. The van der Waals surface area contributed by atoms with E-state index < -0.39 is 0 Å². The van der Waals surface area contributed by atoms with Crippen LogP contribution in [-0.4, -0.2) is 6.04 Å². The van der Waals surface area contributed by atoms with Crippen LogP contribution in [-0.2, 0) is 0 Å². The molecule has 0 bridgehead atoms. The van der Waals surface area contributed by atoms with Crippen molar-refractivity contribution in [3.05, 3.63) is 28.2 Å². The number of nitrogens with one attached hydrogen (secondary N) is 1. The van der Waals surface area contributed by atoms with Gasteiger partial charge in [-0.25, -0.2) is 0 Å². The van der Waals surface area contributed by atoms with Crippen molar-refractivity contribution in [1.82, 2.24) is 0 Å². The Kier molecular flexibility index (Phi) is 2.84. The first-order chi connectivity index (χ1) is 8.29. The standard InChI is InChI=1S/C14H15BrN2/c15-12-2-1-3-13(11(12)8-16)17-14(9-4-5-9)10-6-7-10/h1-3,9-10,14,17H,4-7H2. The van der Waals surface area contributed by atoms with Crippen LogP contribution in [0.1, 0.15) is 31.2 Å². The molecule has 88 valence electrons. The first-order valence-electron chi connectivity index (χ1n) is 6.24. The second kappa shape index (κ2) is 4.34. The average molecular weight is 291 g/mol. The monoisotopic (exact) mass is 290 g/mol. The van der Waals surface area contributed by atoms with E-state index in [-0.39, 0.29) is 0 Å². The molecule has 2 saturated carbocycles. The highest BCUT2D eigenvalue weighted by molar-refractivity contribution is 9.10. The van der Waals surface area contributed by atoms with Crippen molar-refractivity contribution in [1.29, 1.82) is 5.26 Å². The summed E-state index contributed by atoms with van der Waals surface area (Å²) in [4.78, 5) is 0. The number of halogens is 1. The first-order valence-corrected chi connectivity index (χ1v) is 7.04. The molecule has 2 aliphatic carbocycles. The Balaban J connectivity index is 1.84. The molecule has 2 fully saturated rings. The Bertz CT molecular complexity index is 458. The lowest BCUT2D eigenvalue weighted by Crippen LogP contribution is -2.24. The Hall–Kier alpha value is -1.01. The van der Waals surface area contributed by atoms with Crippen molar-refractivity contribution in [3.63, 3.8) is 0 Å². The van der Waals surface area contributed by atoms with Gasteiger partial charge in [0.2, 0.25) is 0 Å². The minimum Gasteiger partial charge on any atom is -0.381 e. The van der Waals surface area contributed by atoms with Gasteiger partial charge in [0.25, 0.3) is 0 Å². The molecule has 0 unspecified atom stereocenters. The molecule has 1 aromatic carbocycles. The molecule has 0 radical (unpaired) electrons. The second-order valence-corrected chi connectivity index (χ2v) is 5.97. The summed E-state index contributed by atoms with van der Waals surface area (Å²) in [7, 11) is 0. The third-order valence-corrected chi connectivity index (χ3v) is 4.37. The van der Waals surface area contributed by atoms with Crippen LogP contribution < -0.4 is 5.32 Å². The number of nitrogens with zero attached hydrogens (tertiary/aromatic N) is 1. The molecular formula is C14H15BrN2. The summed E-state index contributed by atoms with van der Waals surface area (Å²) < 4.78 is 0.885. The van der Waals surface area contributed by atoms with Gasteiger partial charge in [-0.15, -0.1) is 0 Å². The summed E-state index contributed by atoms with van der Waals surface area (Å²) in [5.74, 6) is 1.68. The third-order valence-electron chi connectivity index (χ3n) is 3.71. The lowest BCUT2D eigenvalue weighted by atomic mass is 10.1. The zero-order valence-corrected chi connectivity index (χ0v) is 11.2. The molecule has 0 atom stereocenters. The first kappa shape index (κ1) is 11.1. The maximum Gasteiger partial charge on any atom is 0.103 e. The number of rotatable bonds is 4. The highest BCUT2D eigenvalue weighted by Gasteiger charge is 2.41. The third kappa shape index (κ3) is 2.32. The highest BCUT2D eigenvalue weighted by atomic mass is 79.9. The molecule has 1 N–H and O–H groups in total. The van der Waals surface area contributed by atoms with Crippen molar-refractivity contribution < 1.29 is 0 Å². The van der Waals surface area contributed by atoms with Crippen LogP contribution in [0.3, 0.4) is 0 Å². The van der Waals surface area contributed by atoms with Crippen LogP contribution in [0.2, 0.25) is 0 Å². The Morgan fingerprint density at radius 3 is 2.41 bits per heavy atom. The van der Waals surface area contributed by atoms with Gasteiger partial charge < -0.3 is 5.32 Å². The zero-order chi connectivity index (χ0) is 11.8. The van der Waals surface area contributed by atoms with Crippen molar-refractivity contribution in [2.24, 2.45) is 11.8 Å². The number of anilines is 1. The molecular weight excluding hydrogens is 276 g/mol. The lowest BCUT2D eigenvalue weighted by Gasteiger charge is -2.20. The van der Waals surface area contributed by atoms with Crippen LogP contribution in [0.15, 0.2) is 22.7 Å². The fourth-order valence-electron chi connectivity index (χ4n) is 2.47. The van der Waals surface area contributed by atoms with Crippen LogP contribution in [0, 0.1) is 23.2 Å². The summed E-state index contributed by atoms with van der Waals surface area (Å²) in [5, 5.41) is 12.8. The Morgan fingerprint density at radius 1 is 1.24 bits per heavy atom. The Morgan fingerprint density at radius 2 is 1.88 bits per heavy atom. The Labute approximate surface area is 110 Å². The van der Waals surface area contributed by atoms with Gasteiger partial charge in [0, 0.05) is 10.5 Å². The van der Waals surface area contributed by atoms with Gasteiger partial charge in [-0.3, -0.25) is 0 Å². The number of hydrogen-bond acceptors (Lipinski definition) is 2. The van der Waals surface area contributed by atoms with E-state index in [1.807, 2.05) is 18.2 Å². The second-order valence-electron chi connectivity index (χ2n) is 5.12. The summed E-state index contributed by atoms with van der Waals surface area (Å²) in [5.41, 5.74) is 1.73. The van der Waals surface area contributed by atoms with Gasteiger partial charge in [0.05, 0.1) is 11.3 Å². The van der Waals surface area contributed by atoms with Crippen LogP contribution in [0.5, 0.6) is 0 Å². The van der Waals surface area contributed by atoms with Crippen molar-refractivity contribution in [3.8, 4) is 6.07 Å². The molecule has 2 aliphatic rings. The van der Waals surface area contributed by atoms with Crippen LogP contribution in [0.4, 0.5) is 5.69 Å². The van der Waals surface area contributed by atoms with Crippen molar-refractivity contribution >= 4 is 21.6 Å². The highest BCUT2D eigenvalue weighted by Crippen LogP contribution is 2.46. The minimum absolute atomic E-state index is 0.594. The van der Waals surface area contributed by atoms with E-state index in [9.17, 15) is 5.26 Å². The minimum atomic E-state index is 0.594. The topological polar surface area (TPSA) is 35.8 Å². The normalized spacial score (nSPS) is 19.1. The molecule has 1 aromatic rings. The van der Waals surface area contributed by atoms with E-state index in [2.05, 4.69) is 27.3 Å². The van der Waals surface area contributed by atoms with E-state index in [1.165, 1.54) is 25.7 Å². The van der Waals surface area contributed by atoms with Gasteiger partial charge in [0.1, 0.15) is 6.07 Å². The molecule has 0 amide bonds. The average Bonchev–Trinajstić information content (AvgIpc) is 3.16. The van der Waals surface area contributed by atoms with Gasteiger partial charge in [0.15, 0.2) is 0 Å². The summed E-state index contributed by atoms with van der Waals surface area (Å²) in [6, 6.07) is 8.80. The van der Waals surface area contributed by atoms with E-state index in [4.69, 9.17) is 0 Å². The van der Waals surface area contributed by atoms with E-state index in [0.717, 1.165) is 27.6 Å². The van der Waals surface area contributed by atoms with Gasteiger partial charge in [-0.05, 0) is 65.6 Å². The SMILES string of the molecule is N#Cc1c(Br)cccc1NC(C1CC1)C1CC1. The number of benzene rings is 1. The predicted molar refractivity (Wildman–Crippen MR) is 71.7 cm³/mol. The quantitative estimate of drug-likeness (QED) is 0.912. The van der Waals surface area contributed by atoms with Crippen LogP contribution in [0.25, 0.3) is 0 Å². The molecule has 3 heteroatoms. The molecule has 0 aliphatic heterocycles. The fraction of sp³-hybridized carbons (Fsp3) is 0.500. The summed E-state index contributed by atoms with van der Waals surface area (Å²) in [6.45, 7) is 0. The smallest absolute Gasteiger partial charge is 0.103 e. The fourth-order valence-corrected chi connectivity index (χ4v) is 2.92. The molecule has 0 aromatic heterocycles. The molecule has 17 heavy (non-hydrogen) atoms. The van der Waals surface area contributed by atoms with Gasteiger partial charge in [-0.2, -0.15) is 5.26 Å². The van der Waals surface area contributed by atoms with E-state index in [1.54, 1.807) is 0 Å².